The number of hydrogen-bond acceptors (Lipinski definition) is 5. The van der Waals surface area contributed by atoms with Crippen molar-refractivity contribution in [1.82, 2.24) is 15.1 Å². The summed E-state index contributed by atoms with van der Waals surface area (Å²) in [6.07, 6.45) is 1.17. The summed E-state index contributed by atoms with van der Waals surface area (Å²) in [4.78, 5) is 32.3. The Kier molecular flexibility index (Phi) is 6.84. The molecule has 1 unspecified atom stereocenters. The highest BCUT2D eigenvalue weighted by Crippen LogP contribution is 2.20. The summed E-state index contributed by atoms with van der Waals surface area (Å²) < 4.78 is 5.19. The van der Waals surface area contributed by atoms with Crippen molar-refractivity contribution in [3.05, 3.63) is 60.2 Å². The molecule has 2 aliphatic heterocycles. The number of ether oxygens (including phenoxy) is 1. The van der Waals surface area contributed by atoms with Crippen LogP contribution in [0.1, 0.15) is 16.8 Å². The van der Waals surface area contributed by atoms with E-state index in [4.69, 9.17) is 4.74 Å². The summed E-state index contributed by atoms with van der Waals surface area (Å²) >= 11 is 0. The van der Waals surface area contributed by atoms with Gasteiger partial charge in [0.25, 0.3) is 5.91 Å². The fourth-order valence-corrected chi connectivity index (χ4v) is 4.30. The minimum absolute atomic E-state index is 0.0186. The molecule has 2 aliphatic rings. The van der Waals surface area contributed by atoms with Gasteiger partial charge in [-0.2, -0.15) is 0 Å². The van der Waals surface area contributed by atoms with Gasteiger partial charge in [-0.3, -0.25) is 19.4 Å². The predicted octanol–water partition coefficient (Wildman–Crippen LogP) is 1.85. The zero-order valence-electron chi connectivity index (χ0n) is 18.0. The molecule has 0 aromatic heterocycles. The fraction of sp³-hybridized carbons (Fsp3) is 0.417. The second-order valence-electron chi connectivity index (χ2n) is 8.02. The second kappa shape index (κ2) is 9.94. The number of para-hydroxylation sites is 1. The Morgan fingerprint density at radius 3 is 2.35 bits per heavy atom. The van der Waals surface area contributed by atoms with Crippen LogP contribution in [0.2, 0.25) is 0 Å². The van der Waals surface area contributed by atoms with Gasteiger partial charge in [0, 0.05) is 50.0 Å². The van der Waals surface area contributed by atoms with Crippen molar-refractivity contribution in [2.75, 3.05) is 57.8 Å². The molecule has 7 nitrogen and oxygen atoms in total. The molecule has 0 saturated carbocycles. The lowest BCUT2D eigenvalue weighted by Crippen LogP contribution is -2.54. The molecule has 31 heavy (non-hydrogen) atoms. The van der Waals surface area contributed by atoms with Crippen LogP contribution in [-0.2, 0) is 4.79 Å². The molecule has 0 radical (unpaired) electrons. The Labute approximate surface area is 183 Å². The molecule has 0 bridgehead atoms. The quantitative estimate of drug-likeness (QED) is 0.770. The maximum Gasteiger partial charge on any atom is 0.258 e. The van der Waals surface area contributed by atoms with Gasteiger partial charge in [-0.1, -0.05) is 18.2 Å². The number of nitrogens with zero attached hydrogens (tertiary/aromatic N) is 3. The fourth-order valence-electron chi connectivity index (χ4n) is 4.30. The molecular weight excluding hydrogens is 392 g/mol. The first-order chi connectivity index (χ1) is 15.2. The maximum atomic E-state index is 13.3. The van der Waals surface area contributed by atoms with Crippen LogP contribution in [0.3, 0.4) is 0 Å². The summed E-state index contributed by atoms with van der Waals surface area (Å²) in [7, 11) is 1.59. The van der Waals surface area contributed by atoms with E-state index >= 15 is 0 Å². The number of rotatable bonds is 6. The van der Waals surface area contributed by atoms with E-state index in [1.807, 2.05) is 35.2 Å². The van der Waals surface area contributed by atoms with Crippen molar-refractivity contribution >= 4 is 17.5 Å². The van der Waals surface area contributed by atoms with E-state index in [0.29, 0.717) is 36.1 Å². The van der Waals surface area contributed by atoms with Gasteiger partial charge in [0.1, 0.15) is 12.3 Å². The van der Waals surface area contributed by atoms with E-state index in [9.17, 15) is 9.59 Å². The van der Waals surface area contributed by atoms with E-state index in [2.05, 4.69) is 10.2 Å². The first-order valence-corrected chi connectivity index (χ1v) is 10.9. The van der Waals surface area contributed by atoms with E-state index in [0.717, 1.165) is 26.2 Å². The number of benzene rings is 2. The Balaban J connectivity index is 1.44. The van der Waals surface area contributed by atoms with E-state index in [1.54, 1.807) is 36.3 Å². The largest absolute Gasteiger partial charge is 0.497 e. The Bertz CT molecular complexity index is 873. The minimum atomic E-state index is -0.196. The van der Waals surface area contributed by atoms with Crippen LogP contribution in [0.15, 0.2) is 54.6 Å². The highest BCUT2D eigenvalue weighted by molar-refractivity contribution is 6.08. The van der Waals surface area contributed by atoms with Crippen LogP contribution in [0.4, 0.5) is 5.69 Å². The molecule has 1 N–H and O–H groups in total. The molecule has 2 fully saturated rings. The summed E-state index contributed by atoms with van der Waals surface area (Å²) in [5.41, 5.74) is 1.24. The lowest BCUT2D eigenvalue weighted by molar-refractivity contribution is -0.131. The van der Waals surface area contributed by atoms with Gasteiger partial charge in [0.2, 0.25) is 5.91 Å². The number of methoxy groups -OCH3 is 1. The maximum absolute atomic E-state index is 13.3. The molecular formula is C24H30N4O3. The van der Waals surface area contributed by atoms with E-state index < -0.39 is 0 Å². The summed E-state index contributed by atoms with van der Waals surface area (Å²) in [6, 6.07) is 16.9. The van der Waals surface area contributed by atoms with E-state index in [1.165, 1.54) is 6.42 Å². The molecule has 4 rings (SSSR count). The molecule has 2 aromatic rings. The van der Waals surface area contributed by atoms with Crippen LogP contribution >= 0.6 is 0 Å². The molecule has 7 heteroatoms. The number of piperazine rings is 1. The van der Waals surface area contributed by atoms with Crippen LogP contribution in [0, 0.1) is 0 Å². The van der Waals surface area contributed by atoms with Gasteiger partial charge in [-0.05, 0) is 49.4 Å². The number of carbonyl (C=O) groups excluding carboxylic acids is 2. The van der Waals surface area contributed by atoms with Gasteiger partial charge in [0.05, 0.1) is 7.11 Å². The van der Waals surface area contributed by atoms with Crippen molar-refractivity contribution in [2.45, 2.75) is 12.5 Å². The molecule has 1 atom stereocenters. The Morgan fingerprint density at radius 2 is 1.74 bits per heavy atom. The highest BCUT2D eigenvalue weighted by Gasteiger charge is 2.29. The van der Waals surface area contributed by atoms with Crippen LogP contribution in [-0.4, -0.2) is 80.6 Å². The average Bonchev–Trinajstić information content (AvgIpc) is 3.38. The Morgan fingerprint density at radius 1 is 1.03 bits per heavy atom. The van der Waals surface area contributed by atoms with Gasteiger partial charge >= 0.3 is 0 Å². The van der Waals surface area contributed by atoms with Crippen LogP contribution in [0.5, 0.6) is 5.75 Å². The predicted molar refractivity (Wildman–Crippen MR) is 121 cm³/mol. The van der Waals surface area contributed by atoms with Crippen molar-refractivity contribution in [2.24, 2.45) is 0 Å². The van der Waals surface area contributed by atoms with Crippen molar-refractivity contribution in [3.8, 4) is 5.75 Å². The highest BCUT2D eigenvalue weighted by atomic mass is 16.5. The van der Waals surface area contributed by atoms with Gasteiger partial charge < -0.3 is 15.0 Å². The molecule has 164 valence electrons. The molecule has 0 spiro atoms. The van der Waals surface area contributed by atoms with Crippen molar-refractivity contribution in [3.63, 3.8) is 0 Å². The number of carbonyl (C=O) groups is 2. The van der Waals surface area contributed by atoms with Crippen LogP contribution in [0.25, 0.3) is 0 Å². The summed E-state index contributed by atoms with van der Waals surface area (Å²) in [5.74, 6) is 0.474. The minimum Gasteiger partial charge on any atom is -0.497 e. The lowest BCUT2D eigenvalue weighted by Gasteiger charge is -2.38. The molecule has 2 heterocycles. The molecule has 2 aromatic carbocycles. The standard InChI is InChI=1S/C24H30N4O3/c1-31-22-9-7-19(8-10-22)24(30)28(20-5-3-2-4-6-20)18-23(29)27-15-13-26(14-16-27)21-11-12-25-17-21/h2-10,21,25H,11-18H2,1H3. The third-order valence-electron chi connectivity index (χ3n) is 6.16. The number of hydrogen-bond donors (Lipinski definition) is 1. The van der Waals surface area contributed by atoms with Crippen LogP contribution < -0.4 is 15.0 Å². The topological polar surface area (TPSA) is 65.1 Å². The Hall–Kier alpha value is -2.90. The van der Waals surface area contributed by atoms with E-state index in [-0.39, 0.29) is 18.4 Å². The first-order valence-electron chi connectivity index (χ1n) is 10.9. The van der Waals surface area contributed by atoms with Crippen molar-refractivity contribution < 1.29 is 14.3 Å². The third kappa shape index (κ3) is 5.06. The average molecular weight is 423 g/mol. The number of amides is 2. The normalized spacial score (nSPS) is 19.3. The SMILES string of the molecule is COc1ccc(C(=O)N(CC(=O)N2CCN(C3CCNC3)CC2)c2ccccc2)cc1. The molecule has 0 aliphatic carbocycles. The zero-order chi connectivity index (χ0) is 21.6. The summed E-state index contributed by atoms with van der Waals surface area (Å²) in [5, 5.41) is 3.41. The third-order valence-corrected chi connectivity index (χ3v) is 6.16. The zero-order valence-corrected chi connectivity index (χ0v) is 18.0. The number of nitrogens with one attached hydrogen (secondary N) is 1. The van der Waals surface area contributed by atoms with Gasteiger partial charge in [-0.15, -0.1) is 0 Å². The van der Waals surface area contributed by atoms with Gasteiger partial charge in [-0.25, -0.2) is 0 Å². The molecule has 2 amide bonds. The summed E-state index contributed by atoms with van der Waals surface area (Å²) in [6.45, 7) is 5.31. The number of anilines is 1. The molecule has 2 saturated heterocycles. The van der Waals surface area contributed by atoms with Crippen molar-refractivity contribution in [1.29, 1.82) is 0 Å². The smallest absolute Gasteiger partial charge is 0.258 e. The first kappa shape index (κ1) is 21.3. The monoisotopic (exact) mass is 422 g/mol. The van der Waals surface area contributed by atoms with Gasteiger partial charge in [0.15, 0.2) is 0 Å². The second-order valence-corrected chi connectivity index (χ2v) is 8.02. The lowest BCUT2D eigenvalue weighted by atomic mass is 10.1.